The van der Waals surface area contributed by atoms with Crippen molar-refractivity contribution in [2.75, 3.05) is 26.0 Å². The van der Waals surface area contributed by atoms with Gasteiger partial charge in [0.2, 0.25) is 10.0 Å². The second-order valence-corrected chi connectivity index (χ2v) is 9.61. The molecule has 0 spiro atoms. The fraction of sp³-hybridized carbons (Fsp3) is 0.167. The number of carbonyl (C=O) groups excluding carboxylic acids is 2. The van der Waals surface area contributed by atoms with E-state index in [4.69, 9.17) is 4.74 Å². The van der Waals surface area contributed by atoms with Crippen molar-refractivity contribution in [3.8, 4) is 5.75 Å². The van der Waals surface area contributed by atoms with Crippen LogP contribution in [0.3, 0.4) is 0 Å². The molecular weight excluding hydrogens is 447 g/mol. The number of amides is 1. The van der Waals surface area contributed by atoms with E-state index in [2.05, 4.69) is 5.32 Å². The summed E-state index contributed by atoms with van der Waals surface area (Å²) in [6, 6.07) is 16.0. The summed E-state index contributed by atoms with van der Waals surface area (Å²) in [6.45, 7) is 1.44. The maximum atomic E-state index is 13.0. The Morgan fingerprint density at radius 3 is 2.09 bits per heavy atom. The number of nitrogens with zero attached hydrogens (tertiary/aromatic N) is 1. The molecule has 0 heterocycles. The Hall–Kier alpha value is -3.56. The number of benzene rings is 3. The number of anilines is 1. The van der Waals surface area contributed by atoms with Crippen molar-refractivity contribution < 1.29 is 27.1 Å². The largest absolute Gasteiger partial charge is 0.484 e. The van der Waals surface area contributed by atoms with Crippen LogP contribution in [0.15, 0.2) is 71.6 Å². The molecule has 0 saturated carbocycles. The molecule has 1 N–H and O–H groups in total. The van der Waals surface area contributed by atoms with Crippen LogP contribution in [-0.4, -0.2) is 45.1 Å². The van der Waals surface area contributed by atoms with E-state index in [1.165, 1.54) is 50.5 Å². The van der Waals surface area contributed by atoms with Gasteiger partial charge in [-0.15, -0.1) is 0 Å². The van der Waals surface area contributed by atoms with Crippen molar-refractivity contribution in [3.63, 3.8) is 0 Å². The summed E-state index contributed by atoms with van der Waals surface area (Å²) in [5, 5.41) is 2.66. The molecule has 0 atom stereocenters. The van der Waals surface area contributed by atoms with Crippen molar-refractivity contribution in [2.24, 2.45) is 0 Å². The molecule has 3 aromatic rings. The molecule has 0 fully saturated rings. The Labute approximate surface area is 191 Å². The third kappa shape index (κ3) is 5.82. The molecule has 9 heteroatoms. The van der Waals surface area contributed by atoms with Crippen LogP contribution >= 0.6 is 0 Å². The zero-order valence-corrected chi connectivity index (χ0v) is 19.1. The zero-order chi connectivity index (χ0) is 24.2. The van der Waals surface area contributed by atoms with Gasteiger partial charge in [0, 0.05) is 30.9 Å². The SMILES string of the molecule is Cc1ccc(S(=O)(=O)N(C)C)cc1NC(=O)COc1ccc(C(=O)c2ccc(F)cc2)cc1. The number of carbonyl (C=O) groups is 2. The average Bonchev–Trinajstić information content (AvgIpc) is 2.79. The fourth-order valence-electron chi connectivity index (χ4n) is 2.91. The lowest BCUT2D eigenvalue weighted by molar-refractivity contribution is -0.118. The molecule has 0 saturated heterocycles. The van der Waals surface area contributed by atoms with Gasteiger partial charge in [0.05, 0.1) is 4.90 Å². The van der Waals surface area contributed by atoms with Crippen molar-refractivity contribution in [2.45, 2.75) is 11.8 Å². The summed E-state index contributed by atoms with van der Waals surface area (Å²) in [5.74, 6) is -0.775. The van der Waals surface area contributed by atoms with E-state index in [0.29, 0.717) is 28.1 Å². The van der Waals surface area contributed by atoms with E-state index in [9.17, 15) is 22.4 Å². The topological polar surface area (TPSA) is 92.8 Å². The van der Waals surface area contributed by atoms with Crippen LogP contribution in [0.5, 0.6) is 5.75 Å². The number of halogens is 1. The first-order valence-corrected chi connectivity index (χ1v) is 11.4. The van der Waals surface area contributed by atoms with Gasteiger partial charge in [-0.3, -0.25) is 9.59 Å². The summed E-state index contributed by atoms with van der Waals surface area (Å²) in [6.07, 6.45) is 0. The molecule has 33 heavy (non-hydrogen) atoms. The van der Waals surface area contributed by atoms with Crippen LogP contribution in [-0.2, 0) is 14.8 Å². The number of hydrogen-bond acceptors (Lipinski definition) is 5. The van der Waals surface area contributed by atoms with Crippen LogP contribution < -0.4 is 10.1 Å². The van der Waals surface area contributed by atoms with Crippen LogP contribution in [0.25, 0.3) is 0 Å². The lowest BCUT2D eigenvalue weighted by atomic mass is 10.0. The van der Waals surface area contributed by atoms with E-state index >= 15 is 0 Å². The minimum absolute atomic E-state index is 0.0655. The molecule has 1 amide bonds. The van der Waals surface area contributed by atoms with Crippen molar-refractivity contribution >= 4 is 27.4 Å². The Morgan fingerprint density at radius 1 is 0.939 bits per heavy atom. The number of hydrogen-bond donors (Lipinski definition) is 1. The highest BCUT2D eigenvalue weighted by Gasteiger charge is 2.19. The Balaban J connectivity index is 1.62. The van der Waals surface area contributed by atoms with Crippen LogP contribution in [0, 0.1) is 12.7 Å². The smallest absolute Gasteiger partial charge is 0.262 e. The molecule has 0 aliphatic heterocycles. The zero-order valence-electron chi connectivity index (χ0n) is 18.3. The molecule has 0 aliphatic carbocycles. The Morgan fingerprint density at radius 2 is 1.52 bits per heavy atom. The van der Waals surface area contributed by atoms with Crippen LogP contribution in [0.1, 0.15) is 21.5 Å². The molecule has 7 nitrogen and oxygen atoms in total. The summed E-state index contributed by atoms with van der Waals surface area (Å²) in [7, 11) is -0.775. The maximum Gasteiger partial charge on any atom is 0.262 e. The molecule has 0 aliphatic rings. The number of rotatable bonds is 8. The third-order valence-corrected chi connectivity index (χ3v) is 6.67. The highest BCUT2D eigenvalue weighted by atomic mass is 32.2. The fourth-order valence-corrected chi connectivity index (χ4v) is 3.84. The van der Waals surface area contributed by atoms with Crippen molar-refractivity contribution in [3.05, 3.63) is 89.2 Å². The van der Waals surface area contributed by atoms with Gasteiger partial charge >= 0.3 is 0 Å². The van der Waals surface area contributed by atoms with Gasteiger partial charge in [0.15, 0.2) is 12.4 Å². The lowest BCUT2D eigenvalue weighted by Gasteiger charge is -2.14. The lowest BCUT2D eigenvalue weighted by Crippen LogP contribution is -2.23. The Bertz CT molecular complexity index is 1270. The van der Waals surface area contributed by atoms with Gasteiger partial charge in [-0.2, -0.15) is 0 Å². The second-order valence-electron chi connectivity index (χ2n) is 7.46. The predicted octanol–water partition coefficient (Wildman–Crippen LogP) is 3.63. The standard InChI is InChI=1S/C24H23FN2O5S/c1-16-4-13-21(33(30,31)27(2)3)14-22(16)26-23(28)15-32-20-11-7-18(8-12-20)24(29)17-5-9-19(25)10-6-17/h4-14H,15H2,1-3H3,(H,26,28). The predicted molar refractivity (Wildman–Crippen MR) is 122 cm³/mol. The minimum atomic E-state index is -3.64. The van der Waals surface area contributed by atoms with Gasteiger partial charge in [0.1, 0.15) is 11.6 Å². The average molecular weight is 471 g/mol. The minimum Gasteiger partial charge on any atom is -0.484 e. The van der Waals surface area contributed by atoms with Crippen LogP contribution in [0.2, 0.25) is 0 Å². The summed E-state index contributed by atoms with van der Waals surface area (Å²) in [5.41, 5.74) is 1.82. The molecule has 0 aromatic heterocycles. The van der Waals surface area contributed by atoms with E-state index in [1.54, 1.807) is 37.3 Å². The molecule has 172 valence electrons. The van der Waals surface area contributed by atoms with Crippen molar-refractivity contribution in [1.29, 1.82) is 0 Å². The summed E-state index contributed by atoms with van der Waals surface area (Å²) in [4.78, 5) is 24.8. The van der Waals surface area contributed by atoms with Gasteiger partial charge in [-0.25, -0.2) is 17.1 Å². The van der Waals surface area contributed by atoms with E-state index in [-0.39, 0.29) is 17.3 Å². The van der Waals surface area contributed by atoms with E-state index < -0.39 is 21.7 Å². The van der Waals surface area contributed by atoms with E-state index in [0.717, 1.165) is 4.31 Å². The number of ether oxygens (including phenoxy) is 1. The second kappa shape index (κ2) is 9.93. The number of sulfonamides is 1. The monoisotopic (exact) mass is 470 g/mol. The number of nitrogens with one attached hydrogen (secondary N) is 1. The number of aryl methyl sites for hydroxylation is 1. The summed E-state index contributed by atoms with van der Waals surface area (Å²) >= 11 is 0. The van der Waals surface area contributed by atoms with Crippen LogP contribution in [0.4, 0.5) is 10.1 Å². The third-order valence-electron chi connectivity index (χ3n) is 4.85. The Kier molecular flexibility index (Phi) is 7.25. The maximum absolute atomic E-state index is 13.0. The summed E-state index contributed by atoms with van der Waals surface area (Å²) < 4.78 is 44.2. The van der Waals surface area contributed by atoms with Crippen molar-refractivity contribution in [1.82, 2.24) is 4.31 Å². The molecule has 3 rings (SSSR count). The highest BCUT2D eigenvalue weighted by molar-refractivity contribution is 7.89. The molecule has 0 unspecified atom stereocenters. The number of ketones is 1. The molecule has 0 radical (unpaired) electrons. The molecular formula is C24H23FN2O5S. The molecule has 3 aromatic carbocycles. The van der Waals surface area contributed by atoms with Gasteiger partial charge in [-0.05, 0) is 73.2 Å². The first-order valence-electron chi connectivity index (χ1n) is 9.94. The van der Waals surface area contributed by atoms with Gasteiger partial charge < -0.3 is 10.1 Å². The van der Waals surface area contributed by atoms with Gasteiger partial charge in [-0.1, -0.05) is 6.07 Å². The first kappa shape index (κ1) is 24.1. The normalized spacial score (nSPS) is 11.3. The highest BCUT2D eigenvalue weighted by Crippen LogP contribution is 2.22. The van der Waals surface area contributed by atoms with Gasteiger partial charge in [0.25, 0.3) is 5.91 Å². The first-order chi connectivity index (χ1) is 15.6. The van der Waals surface area contributed by atoms with E-state index in [1.807, 2.05) is 0 Å². The quantitative estimate of drug-likeness (QED) is 0.508. The molecule has 0 bridgehead atoms.